The van der Waals surface area contributed by atoms with Gasteiger partial charge in [-0.15, -0.1) is 10.2 Å². The number of hydrogen-bond acceptors (Lipinski definition) is 5. The first-order valence-corrected chi connectivity index (χ1v) is 5.55. The van der Waals surface area contributed by atoms with E-state index in [2.05, 4.69) is 15.1 Å². The molecule has 0 unspecified atom stereocenters. The number of aliphatic hydroxyl groups is 1. The number of ether oxygens (including phenoxy) is 1. The number of nitrogens with zero attached hydrogens (tertiary/aromatic N) is 3. The predicted octanol–water partition coefficient (Wildman–Crippen LogP) is 0.636. The number of rotatable bonds is 2. The summed E-state index contributed by atoms with van der Waals surface area (Å²) >= 11 is 5.76. The third-order valence-electron chi connectivity index (χ3n) is 2.57. The fourth-order valence-corrected chi connectivity index (χ4v) is 1.98. The maximum Gasteiger partial charge on any atom is 0.154 e. The third-order valence-corrected chi connectivity index (χ3v) is 2.76. The molecule has 0 saturated carbocycles. The van der Waals surface area contributed by atoms with E-state index in [9.17, 15) is 0 Å². The summed E-state index contributed by atoms with van der Waals surface area (Å²) in [5.41, 5.74) is 0.985. The Kier molecular flexibility index (Phi) is 3.58. The first-order chi connectivity index (χ1) is 7.70. The fraction of sp³-hybridized carbons (Fsp3) is 0.600. The smallest absolute Gasteiger partial charge is 0.154 e. The molecule has 88 valence electrons. The number of morpholine rings is 1. The topological polar surface area (TPSA) is 58.5 Å². The van der Waals surface area contributed by atoms with Gasteiger partial charge in [-0.1, -0.05) is 11.6 Å². The summed E-state index contributed by atoms with van der Waals surface area (Å²) < 4.78 is 5.38. The predicted molar refractivity (Wildman–Crippen MR) is 60.8 cm³/mol. The van der Waals surface area contributed by atoms with Crippen LogP contribution in [0.15, 0.2) is 6.07 Å². The molecule has 1 saturated heterocycles. The summed E-state index contributed by atoms with van der Waals surface area (Å²) in [7, 11) is 0. The molecule has 0 spiro atoms. The first-order valence-electron chi connectivity index (χ1n) is 5.18. The van der Waals surface area contributed by atoms with Crippen LogP contribution in [0.2, 0.25) is 5.15 Å². The molecule has 1 atom stereocenters. The normalized spacial score (nSPS) is 21.2. The molecule has 2 heterocycles. The molecule has 1 aromatic rings. The van der Waals surface area contributed by atoms with Gasteiger partial charge in [0.1, 0.15) is 0 Å². The first kappa shape index (κ1) is 11.6. The zero-order valence-corrected chi connectivity index (χ0v) is 9.81. The third kappa shape index (κ3) is 2.42. The summed E-state index contributed by atoms with van der Waals surface area (Å²) in [6.07, 6.45) is -0.148. The summed E-state index contributed by atoms with van der Waals surface area (Å²) in [4.78, 5) is 2.06. The van der Waals surface area contributed by atoms with Crippen molar-refractivity contribution in [2.75, 3.05) is 31.2 Å². The van der Waals surface area contributed by atoms with Crippen molar-refractivity contribution >= 4 is 17.4 Å². The molecular weight excluding hydrogens is 230 g/mol. The van der Waals surface area contributed by atoms with Crippen molar-refractivity contribution in [1.29, 1.82) is 0 Å². The van der Waals surface area contributed by atoms with Crippen molar-refractivity contribution in [2.24, 2.45) is 0 Å². The number of aliphatic hydroxyl groups excluding tert-OH is 1. The highest BCUT2D eigenvalue weighted by atomic mass is 35.5. The molecular formula is C10H14ClN3O2. The highest BCUT2D eigenvalue weighted by Gasteiger charge is 2.22. The van der Waals surface area contributed by atoms with Gasteiger partial charge in [0.25, 0.3) is 0 Å². The minimum atomic E-state index is -0.148. The standard InChI is InChI=1S/C10H14ClN3O2/c1-7-4-9(11)12-13-10(7)14-2-3-16-8(5-14)6-15/h4,8,15H,2-3,5-6H2,1H3/t8-/m0/s1. The van der Waals surface area contributed by atoms with Crippen LogP contribution >= 0.6 is 11.6 Å². The molecule has 1 aliphatic rings. The van der Waals surface area contributed by atoms with E-state index in [1.807, 2.05) is 6.92 Å². The lowest BCUT2D eigenvalue weighted by atomic mass is 10.2. The summed E-state index contributed by atoms with van der Waals surface area (Å²) in [5.74, 6) is 0.811. The fourth-order valence-electron chi connectivity index (χ4n) is 1.78. The van der Waals surface area contributed by atoms with Crippen LogP contribution in [-0.2, 0) is 4.74 Å². The van der Waals surface area contributed by atoms with Crippen LogP contribution in [-0.4, -0.2) is 47.7 Å². The zero-order valence-electron chi connectivity index (χ0n) is 9.06. The number of aromatic nitrogens is 2. The van der Waals surface area contributed by atoms with Gasteiger partial charge in [-0.2, -0.15) is 0 Å². The van der Waals surface area contributed by atoms with Crippen LogP contribution in [0.1, 0.15) is 5.56 Å². The molecule has 6 heteroatoms. The molecule has 1 aliphatic heterocycles. The van der Waals surface area contributed by atoms with E-state index >= 15 is 0 Å². The lowest BCUT2D eigenvalue weighted by Crippen LogP contribution is -2.44. The van der Waals surface area contributed by atoms with Crippen molar-refractivity contribution in [3.8, 4) is 0 Å². The van der Waals surface area contributed by atoms with Crippen LogP contribution in [0, 0.1) is 6.92 Å². The molecule has 0 amide bonds. The molecule has 0 aliphatic carbocycles. The summed E-state index contributed by atoms with van der Waals surface area (Å²) in [6, 6.07) is 1.79. The highest BCUT2D eigenvalue weighted by molar-refractivity contribution is 6.29. The lowest BCUT2D eigenvalue weighted by molar-refractivity contribution is 0.00329. The number of halogens is 1. The Hall–Kier alpha value is -0.910. The largest absolute Gasteiger partial charge is 0.394 e. The van der Waals surface area contributed by atoms with E-state index in [1.165, 1.54) is 0 Å². The average Bonchev–Trinajstić information content (AvgIpc) is 2.29. The molecule has 1 N–H and O–H groups in total. The molecule has 0 aromatic carbocycles. The minimum absolute atomic E-state index is 0.0244. The van der Waals surface area contributed by atoms with Gasteiger partial charge in [0.2, 0.25) is 0 Å². The van der Waals surface area contributed by atoms with E-state index in [1.54, 1.807) is 6.07 Å². The molecule has 2 rings (SSSR count). The molecule has 0 bridgehead atoms. The Morgan fingerprint density at radius 1 is 1.62 bits per heavy atom. The molecule has 16 heavy (non-hydrogen) atoms. The van der Waals surface area contributed by atoms with E-state index in [0.29, 0.717) is 18.3 Å². The van der Waals surface area contributed by atoms with Crippen LogP contribution in [0.5, 0.6) is 0 Å². The van der Waals surface area contributed by atoms with Crippen molar-refractivity contribution < 1.29 is 9.84 Å². The Bertz CT molecular complexity index is 375. The van der Waals surface area contributed by atoms with Gasteiger partial charge in [0, 0.05) is 13.1 Å². The molecule has 0 radical (unpaired) electrons. The molecule has 1 aromatic heterocycles. The van der Waals surface area contributed by atoms with Crippen molar-refractivity contribution in [1.82, 2.24) is 10.2 Å². The highest BCUT2D eigenvalue weighted by Crippen LogP contribution is 2.20. The van der Waals surface area contributed by atoms with Crippen LogP contribution in [0.4, 0.5) is 5.82 Å². The quantitative estimate of drug-likeness (QED) is 0.826. The maximum atomic E-state index is 9.06. The van der Waals surface area contributed by atoms with Crippen molar-refractivity contribution in [3.05, 3.63) is 16.8 Å². The van der Waals surface area contributed by atoms with Crippen molar-refractivity contribution in [3.63, 3.8) is 0 Å². The monoisotopic (exact) mass is 243 g/mol. The summed E-state index contributed by atoms with van der Waals surface area (Å²) in [6.45, 7) is 3.95. The van der Waals surface area contributed by atoms with Crippen LogP contribution in [0.25, 0.3) is 0 Å². The second-order valence-electron chi connectivity index (χ2n) is 3.80. The van der Waals surface area contributed by atoms with E-state index in [0.717, 1.165) is 17.9 Å². The number of anilines is 1. The van der Waals surface area contributed by atoms with Gasteiger partial charge in [-0.3, -0.25) is 0 Å². The second-order valence-corrected chi connectivity index (χ2v) is 4.18. The molecule has 5 nitrogen and oxygen atoms in total. The number of aryl methyl sites for hydroxylation is 1. The van der Waals surface area contributed by atoms with Gasteiger partial charge < -0.3 is 14.7 Å². The maximum absolute atomic E-state index is 9.06. The average molecular weight is 244 g/mol. The Balaban J connectivity index is 2.16. The van der Waals surface area contributed by atoms with E-state index < -0.39 is 0 Å². The van der Waals surface area contributed by atoms with Crippen molar-refractivity contribution in [2.45, 2.75) is 13.0 Å². The zero-order chi connectivity index (χ0) is 11.5. The van der Waals surface area contributed by atoms with Crippen LogP contribution < -0.4 is 4.90 Å². The Morgan fingerprint density at radius 2 is 2.44 bits per heavy atom. The van der Waals surface area contributed by atoms with E-state index in [-0.39, 0.29) is 12.7 Å². The van der Waals surface area contributed by atoms with Gasteiger partial charge in [0.05, 0.1) is 19.3 Å². The van der Waals surface area contributed by atoms with Gasteiger partial charge in [-0.05, 0) is 18.6 Å². The second kappa shape index (κ2) is 4.95. The lowest BCUT2D eigenvalue weighted by Gasteiger charge is -2.33. The minimum Gasteiger partial charge on any atom is -0.394 e. The van der Waals surface area contributed by atoms with Gasteiger partial charge >= 0.3 is 0 Å². The summed E-state index contributed by atoms with van der Waals surface area (Å²) in [5, 5.41) is 17.4. The number of hydrogen-bond donors (Lipinski definition) is 1. The molecule has 1 fully saturated rings. The van der Waals surface area contributed by atoms with E-state index in [4.69, 9.17) is 21.4 Å². The Labute approximate surface area is 99.0 Å². The van der Waals surface area contributed by atoms with Crippen LogP contribution in [0.3, 0.4) is 0 Å². The SMILES string of the molecule is Cc1cc(Cl)nnc1N1CCO[C@H](CO)C1. The van der Waals surface area contributed by atoms with Gasteiger partial charge in [-0.25, -0.2) is 0 Å². The van der Waals surface area contributed by atoms with Gasteiger partial charge in [0.15, 0.2) is 11.0 Å². The Morgan fingerprint density at radius 3 is 3.12 bits per heavy atom.